The lowest BCUT2D eigenvalue weighted by atomic mass is 10.1. The molecule has 3 atom stereocenters. The summed E-state index contributed by atoms with van der Waals surface area (Å²) in [4.78, 5) is 42.3. The van der Waals surface area contributed by atoms with Gasteiger partial charge in [-0.25, -0.2) is 4.57 Å². The molecule has 1 heterocycles. The van der Waals surface area contributed by atoms with Crippen molar-refractivity contribution >= 4 is 19.8 Å². The van der Waals surface area contributed by atoms with E-state index in [1.54, 1.807) is 0 Å². The highest BCUT2D eigenvalue weighted by Crippen LogP contribution is 2.36. The third kappa shape index (κ3) is 25.3. The van der Waals surface area contributed by atoms with E-state index >= 15 is 0 Å². The zero-order valence-corrected chi connectivity index (χ0v) is 27.4. The summed E-state index contributed by atoms with van der Waals surface area (Å²) in [7, 11) is -4.76. The van der Waals surface area contributed by atoms with E-state index in [1.165, 1.54) is 44.9 Å². The first kappa shape index (κ1) is 39.3. The van der Waals surface area contributed by atoms with Crippen LogP contribution in [0.5, 0.6) is 0 Å². The maximum absolute atomic E-state index is 12.3. The lowest BCUT2D eigenvalue weighted by Crippen LogP contribution is -2.29. The summed E-state index contributed by atoms with van der Waals surface area (Å²) in [5.74, 6) is -0.966. The number of allylic oxidation sites excluding steroid dienone is 5. The van der Waals surface area contributed by atoms with Gasteiger partial charge in [-0.05, 0) is 44.9 Å². The molecule has 1 fully saturated rings. The Kier molecular flexibility index (Phi) is 23.3. The van der Waals surface area contributed by atoms with E-state index in [2.05, 4.69) is 42.7 Å². The minimum absolute atomic E-state index is 0.132. The van der Waals surface area contributed by atoms with Gasteiger partial charge in [-0.2, -0.15) is 0 Å². The lowest BCUT2D eigenvalue weighted by molar-refractivity contribution is -0.161. The number of phosphoric ester groups is 1. The minimum atomic E-state index is -4.76. The van der Waals surface area contributed by atoms with Crippen molar-refractivity contribution in [1.82, 2.24) is 0 Å². The van der Waals surface area contributed by atoms with Gasteiger partial charge >= 0.3 is 19.8 Å². The summed E-state index contributed by atoms with van der Waals surface area (Å²) < 4.78 is 31.7. The van der Waals surface area contributed by atoms with E-state index in [4.69, 9.17) is 24.0 Å². The van der Waals surface area contributed by atoms with Crippen LogP contribution in [0.3, 0.4) is 0 Å². The molecule has 2 unspecified atom stereocenters. The maximum atomic E-state index is 12.3. The van der Waals surface area contributed by atoms with Gasteiger partial charge in [-0.1, -0.05) is 108 Å². The van der Waals surface area contributed by atoms with E-state index in [1.807, 2.05) is 12.2 Å². The summed E-state index contributed by atoms with van der Waals surface area (Å²) in [6.45, 7) is 3.52. The van der Waals surface area contributed by atoms with Gasteiger partial charge in [0.1, 0.15) is 6.61 Å². The molecule has 0 spiro atoms. The SMILES string of the molecule is CCCCCCCCCC(=O)OC[C@H](COP(=O)(O)O)OC(=O)CCC/C=C\C/C=C\C/C=C\CC1OC1CCCCC. The van der Waals surface area contributed by atoms with Crippen LogP contribution in [0.2, 0.25) is 0 Å². The maximum Gasteiger partial charge on any atom is 0.469 e. The van der Waals surface area contributed by atoms with Crippen LogP contribution >= 0.6 is 7.82 Å². The molecule has 1 aliphatic heterocycles. The predicted octanol–water partition coefficient (Wildman–Crippen LogP) is 8.05. The van der Waals surface area contributed by atoms with Gasteiger partial charge < -0.3 is 24.0 Å². The standard InChI is InChI=1S/C33H57O9P/c1-3-5-7-8-13-17-21-25-32(34)39-27-29(28-40-43(36,37)38)41-33(35)26-22-18-15-12-10-9-11-14-16-20-24-31-30(42-31)23-19-6-4-2/h9,11-12,15-16,20,29-31H,3-8,10,13-14,17-19,21-28H2,1-2H3,(H2,36,37,38)/b11-9-,15-12-,20-16-/t29-,30?,31?/m1/s1. The van der Waals surface area contributed by atoms with Crippen molar-refractivity contribution in [2.45, 2.75) is 148 Å². The van der Waals surface area contributed by atoms with E-state index in [0.717, 1.165) is 38.5 Å². The topological polar surface area (TPSA) is 132 Å². The largest absolute Gasteiger partial charge is 0.469 e. The molecule has 248 valence electrons. The molecule has 1 saturated heterocycles. The summed E-state index contributed by atoms with van der Waals surface area (Å²) >= 11 is 0. The number of phosphoric acid groups is 1. The Morgan fingerprint density at radius 1 is 0.744 bits per heavy atom. The van der Waals surface area contributed by atoms with Crippen LogP contribution in [0.25, 0.3) is 0 Å². The van der Waals surface area contributed by atoms with Crippen molar-refractivity contribution < 1.29 is 42.7 Å². The molecule has 0 radical (unpaired) electrons. The van der Waals surface area contributed by atoms with Crippen LogP contribution in [-0.4, -0.2) is 53.3 Å². The summed E-state index contributed by atoms with van der Waals surface area (Å²) in [5.41, 5.74) is 0. The molecule has 9 nitrogen and oxygen atoms in total. The molecule has 1 rings (SSSR count). The van der Waals surface area contributed by atoms with Gasteiger partial charge in [0.15, 0.2) is 6.10 Å². The molecule has 0 aromatic carbocycles. The van der Waals surface area contributed by atoms with Gasteiger partial charge in [0.25, 0.3) is 0 Å². The van der Waals surface area contributed by atoms with Gasteiger partial charge in [0.05, 0.1) is 18.8 Å². The zero-order chi connectivity index (χ0) is 31.6. The van der Waals surface area contributed by atoms with Crippen LogP contribution < -0.4 is 0 Å². The predicted molar refractivity (Wildman–Crippen MR) is 169 cm³/mol. The summed E-state index contributed by atoms with van der Waals surface area (Å²) in [5, 5.41) is 0. The van der Waals surface area contributed by atoms with E-state index in [0.29, 0.717) is 31.5 Å². The highest BCUT2D eigenvalue weighted by atomic mass is 31.2. The Labute approximate surface area is 259 Å². The lowest BCUT2D eigenvalue weighted by Gasteiger charge is -2.18. The monoisotopic (exact) mass is 628 g/mol. The van der Waals surface area contributed by atoms with E-state index in [-0.39, 0.29) is 19.4 Å². The second-order valence-electron chi connectivity index (χ2n) is 11.2. The normalized spacial score (nSPS) is 17.7. The van der Waals surface area contributed by atoms with E-state index < -0.39 is 32.5 Å². The second-order valence-corrected chi connectivity index (χ2v) is 12.4. The molecular weight excluding hydrogens is 571 g/mol. The fourth-order valence-corrected chi connectivity index (χ4v) is 4.88. The Balaban J connectivity index is 2.17. The first-order chi connectivity index (χ1) is 20.7. The number of carbonyl (C=O) groups is 2. The molecule has 2 N–H and O–H groups in total. The fraction of sp³-hybridized carbons (Fsp3) is 0.758. The van der Waals surface area contributed by atoms with Crippen molar-refractivity contribution in [3.63, 3.8) is 0 Å². The summed E-state index contributed by atoms with van der Waals surface area (Å²) in [6.07, 6.45) is 29.3. The first-order valence-corrected chi connectivity index (χ1v) is 17.9. The third-order valence-electron chi connectivity index (χ3n) is 7.09. The van der Waals surface area contributed by atoms with Gasteiger partial charge in [-0.15, -0.1) is 0 Å². The first-order valence-electron chi connectivity index (χ1n) is 16.4. The fourth-order valence-electron chi connectivity index (χ4n) is 4.52. The molecule has 0 saturated carbocycles. The number of hydrogen-bond donors (Lipinski definition) is 2. The van der Waals surface area contributed by atoms with Gasteiger partial charge in [0, 0.05) is 12.8 Å². The average molecular weight is 629 g/mol. The smallest absolute Gasteiger partial charge is 0.462 e. The average Bonchev–Trinajstić information content (AvgIpc) is 3.72. The van der Waals surface area contributed by atoms with Crippen LogP contribution in [-0.2, 0) is 32.9 Å². The Morgan fingerprint density at radius 2 is 1.35 bits per heavy atom. The van der Waals surface area contributed by atoms with Gasteiger partial charge in [0.2, 0.25) is 0 Å². The zero-order valence-electron chi connectivity index (χ0n) is 26.5. The molecular formula is C33H57O9P. The quantitative estimate of drug-likeness (QED) is 0.0290. The second kappa shape index (κ2) is 25.5. The Bertz CT molecular complexity index is 864. The van der Waals surface area contributed by atoms with Crippen molar-refractivity contribution in [3.05, 3.63) is 36.5 Å². The highest BCUT2D eigenvalue weighted by molar-refractivity contribution is 7.46. The van der Waals surface area contributed by atoms with Crippen LogP contribution in [0.4, 0.5) is 0 Å². The number of unbranched alkanes of at least 4 members (excludes halogenated alkanes) is 9. The van der Waals surface area contributed by atoms with Gasteiger partial charge in [-0.3, -0.25) is 14.1 Å². The van der Waals surface area contributed by atoms with Crippen LogP contribution in [0.1, 0.15) is 129 Å². The van der Waals surface area contributed by atoms with Crippen LogP contribution in [0, 0.1) is 0 Å². The molecule has 0 bridgehead atoms. The number of hydrogen-bond acceptors (Lipinski definition) is 7. The van der Waals surface area contributed by atoms with Crippen LogP contribution in [0.15, 0.2) is 36.5 Å². The van der Waals surface area contributed by atoms with Crippen molar-refractivity contribution in [2.75, 3.05) is 13.2 Å². The third-order valence-corrected chi connectivity index (χ3v) is 7.57. The number of rotatable bonds is 28. The Hall–Kier alpha value is -1.77. The van der Waals surface area contributed by atoms with Crippen molar-refractivity contribution in [3.8, 4) is 0 Å². The minimum Gasteiger partial charge on any atom is -0.462 e. The molecule has 0 aromatic heterocycles. The number of epoxide rings is 1. The van der Waals surface area contributed by atoms with Crippen molar-refractivity contribution in [2.24, 2.45) is 0 Å². The van der Waals surface area contributed by atoms with Crippen molar-refractivity contribution in [1.29, 1.82) is 0 Å². The molecule has 10 heteroatoms. The highest BCUT2D eigenvalue weighted by Gasteiger charge is 2.36. The molecule has 0 aromatic rings. The molecule has 43 heavy (non-hydrogen) atoms. The molecule has 1 aliphatic rings. The van der Waals surface area contributed by atoms with E-state index in [9.17, 15) is 14.2 Å². The molecule has 0 amide bonds. The number of carbonyl (C=O) groups excluding carboxylic acids is 2. The number of esters is 2. The summed E-state index contributed by atoms with van der Waals surface area (Å²) in [6, 6.07) is 0. The Morgan fingerprint density at radius 3 is 2.05 bits per heavy atom. The number of ether oxygens (including phenoxy) is 3. The molecule has 0 aliphatic carbocycles.